The molecule has 2 rings (SSSR count). The van der Waals surface area contributed by atoms with Gasteiger partial charge in [-0.3, -0.25) is 0 Å². The Kier molecular flexibility index (Phi) is 4.30. The Morgan fingerprint density at radius 2 is 2.00 bits per heavy atom. The zero-order valence-corrected chi connectivity index (χ0v) is 12.3. The fourth-order valence-corrected chi connectivity index (χ4v) is 3.21. The van der Waals surface area contributed by atoms with Gasteiger partial charge in [0.25, 0.3) is 0 Å². The van der Waals surface area contributed by atoms with E-state index in [-0.39, 0.29) is 5.82 Å². The van der Waals surface area contributed by atoms with Gasteiger partial charge in [-0.25, -0.2) is 4.39 Å². The number of nitrogen functional groups attached to an aromatic ring is 1. The number of anilines is 1. The quantitative estimate of drug-likeness (QED) is 0.649. The van der Waals surface area contributed by atoms with E-state index in [1.54, 1.807) is 17.8 Å². The van der Waals surface area contributed by atoms with Crippen LogP contribution >= 0.6 is 27.7 Å². The standard InChI is InChI=1S/C14H13BrFNS/c1-9-6-12(4-5-14(9)17)18-8-10-2-3-11(16)7-13(10)15/h2-7H,8,17H2,1H3. The second-order valence-electron chi connectivity index (χ2n) is 4.04. The summed E-state index contributed by atoms with van der Waals surface area (Å²) in [5.41, 5.74) is 8.75. The molecule has 0 bridgehead atoms. The van der Waals surface area contributed by atoms with Gasteiger partial charge in [-0.1, -0.05) is 22.0 Å². The molecule has 0 aliphatic carbocycles. The van der Waals surface area contributed by atoms with Crippen LogP contribution < -0.4 is 5.73 Å². The molecule has 0 atom stereocenters. The van der Waals surface area contributed by atoms with E-state index < -0.39 is 0 Å². The van der Waals surface area contributed by atoms with Crippen LogP contribution in [0.15, 0.2) is 45.8 Å². The molecule has 0 saturated carbocycles. The topological polar surface area (TPSA) is 26.0 Å². The lowest BCUT2D eigenvalue weighted by atomic mass is 10.2. The molecular formula is C14H13BrFNS. The lowest BCUT2D eigenvalue weighted by Gasteiger charge is -2.06. The molecule has 2 aromatic carbocycles. The first-order valence-electron chi connectivity index (χ1n) is 5.49. The van der Waals surface area contributed by atoms with Gasteiger partial charge in [0.15, 0.2) is 0 Å². The molecule has 0 amide bonds. The van der Waals surface area contributed by atoms with Gasteiger partial charge in [0.2, 0.25) is 0 Å². The number of benzene rings is 2. The lowest BCUT2D eigenvalue weighted by Crippen LogP contribution is -1.89. The van der Waals surface area contributed by atoms with Gasteiger partial charge in [0, 0.05) is 20.8 Å². The molecular weight excluding hydrogens is 313 g/mol. The highest BCUT2D eigenvalue weighted by Gasteiger charge is 2.03. The summed E-state index contributed by atoms with van der Waals surface area (Å²) in [5, 5.41) is 0. The maximum absolute atomic E-state index is 13.0. The molecule has 18 heavy (non-hydrogen) atoms. The normalized spacial score (nSPS) is 10.6. The van der Waals surface area contributed by atoms with Crippen molar-refractivity contribution in [3.8, 4) is 0 Å². The average molecular weight is 326 g/mol. The smallest absolute Gasteiger partial charge is 0.124 e. The Morgan fingerprint density at radius 3 is 2.67 bits per heavy atom. The minimum absolute atomic E-state index is 0.223. The van der Waals surface area contributed by atoms with E-state index >= 15 is 0 Å². The molecule has 0 aliphatic heterocycles. The van der Waals surface area contributed by atoms with E-state index in [1.165, 1.54) is 12.1 Å². The van der Waals surface area contributed by atoms with Crippen LogP contribution in [-0.4, -0.2) is 0 Å². The average Bonchev–Trinajstić information content (AvgIpc) is 2.32. The third-order valence-electron chi connectivity index (χ3n) is 2.65. The van der Waals surface area contributed by atoms with Crippen LogP contribution in [0.25, 0.3) is 0 Å². The van der Waals surface area contributed by atoms with Crippen molar-refractivity contribution in [2.24, 2.45) is 0 Å². The van der Waals surface area contributed by atoms with Crippen LogP contribution in [0.2, 0.25) is 0 Å². The van der Waals surface area contributed by atoms with Gasteiger partial charge in [-0.05, 0) is 48.4 Å². The summed E-state index contributed by atoms with van der Waals surface area (Å²) in [6, 6.07) is 10.8. The molecule has 1 nitrogen and oxygen atoms in total. The Hall–Kier alpha value is -1.00. The highest BCUT2D eigenvalue weighted by atomic mass is 79.9. The molecule has 0 aromatic heterocycles. The van der Waals surface area contributed by atoms with E-state index in [2.05, 4.69) is 22.0 Å². The van der Waals surface area contributed by atoms with Gasteiger partial charge >= 0.3 is 0 Å². The van der Waals surface area contributed by atoms with E-state index in [9.17, 15) is 4.39 Å². The van der Waals surface area contributed by atoms with Crippen LogP contribution in [0.5, 0.6) is 0 Å². The molecule has 94 valence electrons. The van der Waals surface area contributed by atoms with Crippen LogP contribution in [0.4, 0.5) is 10.1 Å². The van der Waals surface area contributed by atoms with Gasteiger partial charge in [-0.15, -0.1) is 11.8 Å². The van der Waals surface area contributed by atoms with Crippen molar-refractivity contribution < 1.29 is 4.39 Å². The summed E-state index contributed by atoms with van der Waals surface area (Å²) in [6.45, 7) is 1.99. The summed E-state index contributed by atoms with van der Waals surface area (Å²) >= 11 is 5.08. The van der Waals surface area contributed by atoms with Crippen molar-refractivity contribution in [3.05, 3.63) is 57.8 Å². The Bertz CT molecular complexity index is 572. The summed E-state index contributed by atoms with van der Waals surface area (Å²) in [7, 11) is 0. The number of hydrogen-bond donors (Lipinski definition) is 1. The monoisotopic (exact) mass is 325 g/mol. The molecule has 0 fully saturated rings. The van der Waals surface area contributed by atoms with E-state index in [1.807, 2.05) is 19.1 Å². The van der Waals surface area contributed by atoms with Crippen molar-refractivity contribution in [1.29, 1.82) is 0 Å². The molecule has 0 heterocycles. The first kappa shape index (κ1) is 13.4. The minimum atomic E-state index is -0.223. The van der Waals surface area contributed by atoms with E-state index in [4.69, 9.17) is 5.73 Å². The predicted molar refractivity (Wildman–Crippen MR) is 79.3 cm³/mol. The highest BCUT2D eigenvalue weighted by Crippen LogP contribution is 2.29. The van der Waals surface area contributed by atoms with Crippen molar-refractivity contribution >= 4 is 33.4 Å². The maximum Gasteiger partial charge on any atom is 0.124 e. The fraction of sp³-hybridized carbons (Fsp3) is 0.143. The SMILES string of the molecule is Cc1cc(SCc2ccc(F)cc2Br)ccc1N. The third kappa shape index (κ3) is 3.27. The zero-order chi connectivity index (χ0) is 13.1. The second kappa shape index (κ2) is 5.76. The molecule has 2 N–H and O–H groups in total. The Balaban J connectivity index is 2.09. The van der Waals surface area contributed by atoms with Crippen LogP contribution in [0.3, 0.4) is 0 Å². The first-order chi connectivity index (χ1) is 8.56. The number of nitrogens with two attached hydrogens (primary N) is 1. The van der Waals surface area contributed by atoms with Gasteiger partial charge < -0.3 is 5.73 Å². The summed E-state index contributed by atoms with van der Waals surface area (Å²) in [6.07, 6.45) is 0. The molecule has 0 radical (unpaired) electrons. The van der Waals surface area contributed by atoms with Gasteiger partial charge in [-0.2, -0.15) is 0 Å². The Labute approximate surface area is 119 Å². The zero-order valence-electron chi connectivity index (χ0n) is 9.91. The number of hydrogen-bond acceptors (Lipinski definition) is 2. The first-order valence-corrected chi connectivity index (χ1v) is 7.27. The third-order valence-corrected chi connectivity index (χ3v) is 4.43. The second-order valence-corrected chi connectivity index (χ2v) is 5.95. The van der Waals surface area contributed by atoms with Crippen molar-refractivity contribution in [2.45, 2.75) is 17.6 Å². The number of thioether (sulfide) groups is 1. The van der Waals surface area contributed by atoms with Crippen LogP contribution in [0.1, 0.15) is 11.1 Å². The molecule has 0 spiro atoms. The molecule has 4 heteroatoms. The van der Waals surface area contributed by atoms with Gasteiger partial charge in [0.1, 0.15) is 5.82 Å². The number of halogens is 2. The van der Waals surface area contributed by atoms with Gasteiger partial charge in [0.05, 0.1) is 0 Å². The van der Waals surface area contributed by atoms with Crippen molar-refractivity contribution in [2.75, 3.05) is 5.73 Å². The Morgan fingerprint density at radius 1 is 1.22 bits per heavy atom. The highest BCUT2D eigenvalue weighted by molar-refractivity contribution is 9.10. The molecule has 0 unspecified atom stereocenters. The summed E-state index contributed by atoms with van der Waals surface area (Å²) in [4.78, 5) is 1.16. The van der Waals surface area contributed by atoms with E-state index in [0.29, 0.717) is 0 Å². The van der Waals surface area contributed by atoms with Crippen LogP contribution in [0, 0.1) is 12.7 Å². The summed E-state index contributed by atoms with van der Waals surface area (Å²) in [5.74, 6) is 0.573. The predicted octanol–water partition coefficient (Wildman–Crippen LogP) is 4.77. The number of aryl methyl sites for hydroxylation is 1. The van der Waals surface area contributed by atoms with Crippen molar-refractivity contribution in [1.82, 2.24) is 0 Å². The van der Waals surface area contributed by atoms with E-state index in [0.717, 1.165) is 31.9 Å². The summed E-state index contributed by atoms with van der Waals surface area (Å²) < 4.78 is 13.8. The minimum Gasteiger partial charge on any atom is -0.399 e. The molecule has 0 aliphatic rings. The largest absolute Gasteiger partial charge is 0.399 e. The number of rotatable bonds is 3. The fourth-order valence-electron chi connectivity index (χ4n) is 1.54. The van der Waals surface area contributed by atoms with Crippen molar-refractivity contribution in [3.63, 3.8) is 0 Å². The van der Waals surface area contributed by atoms with Crippen LogP contribution in [-0.2, 0) is 5.75 Å². The molecule has 2 aromatic rings. The lowest BCUT2D eigenvalue weighted by molar-refractivity contribution is 0.626. The maximum atomic E-state index is 13.0. The molecule has 0 saturated heterocycles.